The zero-order valence-corrected chi connectivity index (χ0v) is 19.8. The highest BCUT2D eigenvalue weighted by molar-refractivity contribution is 6.32. The molecule has 4 rings (SSSR count). The minimum atomic E-state index is 0.561. The van der Waals surface area contributed by atoms with E-state index in [9.17, 15) is 5.26 Å². The normalized spacial score (nSPS) is 10.6. The van der Waals surface area contributed by atoms with Crippen molar-refractivity contribution in [2.24, 2.45) is 0 Å². The van der Waals surface area contributed by atoms with E-state index < -0.39 is 0 Å². The molecule has 6 nitrogen and oxygen atoms in total. The fraction of sp³-hybridized carbons (Fsp3) is 0.185. The fourth-order valence-corrected chi connectivity index (χ4v) is 4.02. The molecule has 0 aliphatic heterocycles. The van der Waals surface area contributed by atoms with Crippen LogP contribution in [-0.2, 0) is 19.6 Å². The molecule has 0 bridgehead atoms. The van der Waals surface area contributed by atoms with Crippen LogP contribution in [0.2, 0.25) is 5.02 Å². The smallest absolute Gasteiger partial charge is 0.137 e. The summed E-state index contributed by atoms with van der Waals surface area (Å²) in [6.07, 6.45) is 1.87. The maximum atomic E-state index is 9.41. The number of ether oxygens (including phenoxy) is 2. The van der Waals surface area contributed by atoms with Crippen molar-refractivity contribution in [3.05, 3.63) is 94.1 Å². The highest BCUT2D eigenvalue weighted by atomic mass is 35.5. The minimum Gasteiger partial charge on any atom is -0.497 e. The van der Waals surface area contributed by atoms with Crippen molar-refractivity contribution in [2.75, 3.05) is 19.5 Å². The number of nitrogens with zero attached hydrogens (tertiary/aromatic N) is 2. The Morgan fingerprint density at radius 3 is 2.41 bits per heavy atom. The van der Waals surface area contributed by atoms with Gasteiger partial charge in [0, 0.05) is 42.5 Å². The number of halogens is 1. The first-order valence-corrected chi connectivity index (χ1v) is 11.2. The Morgan fingerprint density at radius 2 is 1.71 bits per heavy atom. The standard InChI is InChI=1S/C27H25ClN4O2/c1-33-22-7-3-18(4-8-22)14-30-16-21-17-31-25-9-5-19(13-29)11-23(25)27(21)32-15-20-6-10-26(34-2)24(28)12-20/h3-12,17,30H,14-16H2,1-2H3,(H,31,32). The van der Waals surface area contributed by atoms with Crippen LogP contribution in [0.25, 0.3) is 10.9 Å². The third-order valence-electron chi connectivity index (χ3n) is 5.56. The highest BCUT2D eigenvalue weighted by Crippen LogP contribution is 2.29. The van der Waals surface area contributed by atoms with Crippen LogP contribution in [0.3, 0.4) is 0 Å². The quantitative estimate of drug-likeness (QED) is 0.326. The van der Waals surface area contributed by atoms with Crippen LogP contribution in [-0.4, -0.2) is 19.2 Å². The van der Waals surface area contributed by atoms with Crippen LogP contribution in [0, 0.1) is 11.3 Å². The summed E-state index contributed by atoms with van der Waals surface area (Å²) in [5.41, 5.74) is 5.54. The van der Waals surface area contributed by atoms with E-state index in [2.05, 4.69) is 21.7 Å². The summed E-state index contributed by atoms with van der Waals surface area (Å²) in [6, 6.07) is 21.4. The van der Waals surface area contributed by atoms with E-state index in [-0.39, 0.29) is 0 Å². The molecule has 0 aliphatic carbocycles. The first kappa shape index (κ1) is 23.4. The third-order valence-corrected chi connectivity index (χ3v) is 5.86. The number of hydrogen-bond donors (Lipinski definition) is 2. The lowest BCUT2D eigenvalue weighted by Crippen LogP contribution is -2.15. The monoisotopic (exact) mass is 472 g/mol. The summed E-state index contributed by atoms with van der Waals surface area (Å²) in [7, 11) is 3.26. The van der Waals surface area contributed by atoms with Gasteiger partial charge in [-0.05, 0) is 53.6 Å². The largest absolute Gasteiger partial charge is 0.497 e. The van der Waals surface area contributed by atoms with E-state index in [1.807, 2.05) is 60.8 Å². The summed E-state index contributed by atoms with van der Waals surface area (Å²) in [4.78, 5) is 4.61. The van der Waals surface area contributed by atoms with Crippen LogP contribution >= 0.6 is 11.6 Å². The number of nitriles is 1. The molecule has 0 atom stereocenters. The second kappa shape index (κ2) is 10.9. The van der Waals surface area contributed by atoms with E-state index >= 15 is 0 Å². The van der Waals surface area contributed by atoms with Crippen molar-refractivity contribution < 1.29 is 9.47 Å². The van der Waals surface area contributed by atoms with Crippen LogP contribution < -0.4 is 20.1 Å². The lowest BCUT2D eigenvalue weighted by atomic mass is 10.1. The van der Waals surface area contributed by atoms with Crippen molar-refractivity contribution in [1.82, 2.24) is 10.3 Å². The lowest BCUT2D eigenvalue weighted by Gasteiger charge is -2.16. The summed E-state index contributed by atoms with van der Waals surface area (Å²) < 4.78 is 10.5. The number of anilines is 1. The van der Waals surface area contributed by atoms with Gasteiger partial charge in [-0.3, -0.25) is 4.98 Å². The maximum absolute atomic E-state index is 9.41. The Morgan fingerprint density at radius 1 is 0.912 bits per heavy atom. The van der Waals surface area contributed by atoms with Crippen molar-refractivity contribution in [1.29, 1.82) is 5.26 Å². The zero-order valence-electron chi connectivity index (χ0n) is 19.1. The molecule has 0 saturated heterocycles. The van der Waals surface area contributed by atoms with Crippen LogP contribution in [0.4, 0.5) is 5.69 Å². The highest BCUT2D eigenvalue weighted by Gasteiger charge is 2.11. The van der Waals surface area contributed by atoms with Gasteiger partial charge >= 0.3 is 0 Å². The molecular weight excluding hydrogens is 448 g/mol. The van der Waals surface area contributed by atoms with Gasteiger partial charge in [-0.25, -0.2) is 0 Å². The molecule has 7 heteroatoms. The summed E-state index contributed by atoms with van der Waals surface area (Å²) in [5.74, 6) is 1.47. The molecule has 1 heterocycles. The van der Waals surface area contributed by atoms with Gasteiger partial charge in [0.1, 0.15) is 11.5 Å². The number of pyridine rings is 1. The molecule has 3 aromatic carbocycles. The van der Waals surface area contributed by atoms with Gasteiger partial charge < -0.3 is 20.1 Å². The second-order valence-corrected chi connectivity index (χ2v) is 8.18. The molecule has 0 saturated carbocycles. The van der Waals surface area contributed by atoms with Gasteiger partial charge in [-0.2, -0.15) is 5.26 Å². The van der Waals surface area contributed by atoms with Gasteiger partial charge in [-0.1, -0.05) is 29.8 Å². The molecule has 0 amide bonds. The van der Waals surface area contributed by atoms with E-state index in [0.717, 1.165) is 39.0 Å². The van der Waals surface area contributed by atoms with E-state index in [4.69, 9.17) is 21.1 Å². The van der Waals surface area contributed by atoms with Crippen molar-refractivity contribution in [2.45, 2.75) is 19.6 Å². The Labute approximate surface area is 204 Å². The molecule has 0 radical (unpaired) electrons. The Hall–Kier alpha value is -3.79. The Bertz CT molecular complexity index is 1330. The molecule has 0 unspecified atom stereocenters. The second-order valence-electron chi connectivity index (χ2n) is 7.78. The van der Waals surface area contributed by atoms with Crippen LogP contribution in [0.15, 0.2) is 66.9 Å². The molecule has 2 N–H and O–H groups in total. The number of fused-ring (bicyclic) bond motifs is 1. The molecule has 172 valence electrons. The number of rotatable bonds is 9. The summed E-state index contributed by atoms with van der Waals surface area (Å²) >= 11 is 6.31. The first-order chi connectivity index (χ1) is 16.6. The summed E-state index contributed by atoms with van der Waals surface area (Å²) in [6.45, 7) is 1.87. The van der Waals surface area contributed by atoms with Gasteiger partial charge in [0.25, 0.3) is 0 Å². The number of benzene rings is 3. The molecule has 34 heavy (non-hydrogen) atoms. The van der Waals surface area contributed by atoms with Gasteiger partial charge in [0.2, 0.25) is 0 Å². The molecule has 0 spiro atoms. The fourth-order valence-electron chi connectivity index (χ4n) is 3.74. The Balaban J connectivity index is 1.58. The first-order valence-electron chi connectivity index (χ1n) is 10.8. The lowest BCUT2D eigenvalue weighted by molar-refractivity contribution is 0.414. The van der Waals surface area contributed by atoms with E-state index in [1.54, 1.807) is 20.3 Å². The van der Waals surface area contributed by atoms with Gasteiger partial charge in [0.15, 0.2) is 0 Å². The van der Waals surface area contributed by atoms with Gasteiger partial charge in [-0.15, -0.1) is 0 Å². The van der Waals surface area contributed by atoms with Crippen molar-refractivity contribution in [3.63, 3.8) is 0 Å². The van der Waals surface area contributed by atoms with Crippen LogP contribution in [0.5, 0.6) is 11.5 Å². The zero-order chi connectivity index (χ0) is 23.9. The maximum Gasteiger partial charge on any atom is 0.137 e. The summed E-state index contributed by atoms with van der Waals surface area (Å²) in [5, 5.41) is 17.9. The predicted octanol–water partition coefficient (Wildman–Crippen LogP) is 5.68. The number of nitrogens with one attached hydrogen (secondary N) is 2. The Kier molecular flexibility index (Phi) is 7.48. The minimum absolute atomic E-state index is 0.561. The van der Waals surface area contributed by atoms with Gasteiger partial charge in [0.05, 0.1) is 36.4 Å². The van der Waals surface area contributed by atoms with Crippen molar-refractivity contribution in [3.8, 4) is 17.6 Å². The average molecular weight is 473 g/mol. The SMILES string of the molecule is COc1ccc(CNCc2cnc3ccc(C#N)cc3c2NCc2ccc(OC)c(Cl)c2)cc1. The molecule has 0 aliphatic rings. The molecule has 4 aromatic rings. The topological polar surface area (TPSA) is 79.2 Å². The average Bonchev–Trinajstić information content (AvgIpc) is 2.88. The van der Waals surface area contributed by atoms with Crippen molar-refractivity contribution >= 4 is 28.2 Å². The third kappa shape index (κ3) is 5.40. The van der Waals surface area contributed by atoms with Crippen LogP contribution in [0.1, 0.15) is 22.3 Å². The molecule has 1 aromatic heterocycles. The number of aromatic nitrogens is 1. The van der Waals surface area contributed by atoms with E-state index in [1.165, 1.54) is 0 Å². The predicted molar refractivity (Wildman–Crippen MR) is 135 cm³/mol. The number of hydrogen-bond acceptors (Lipinski definition) is 6. The number of methoxy groups -OCH3 is 2. The molecular formula is C27H25ClN4O2. The molecule has 0 fully saturated rings. The van der Waals surface area contributed by atoms with E-state index in [0.29, 0.717) is 36.0 Å².